The molecule has 0 aliphatic carbocycles. The van der Waals surface area contributed by atoms with Gasteiger partial charge in [-0.15, -0.1) is 11.3 Å². The fourth-order valence-electron chi connectivity index (χ4n) is 4.10. The number of hydrogen-bond acceptors (Lipinski definition) is 7. The molecule has 1 aliphatic rings. The summed E-state index contributed by atoms with van der Waals surface area (Å²) >= 11 is 2.89. The highest BCUT2D eigenvalue weighted by Gasteiger charge is 2.42. The number of rotatable bonds is 4. The number of esters is 1. The van der Waals surface area contributed by atoms with E-state index in [0.717, 1.165) is 15.1 Å². The quantitative estimate of drug-likeness (QED) is 0.526. The van der Waals surface area contributed by atoms with Crippen LogP contribution >= 0.6 is 22.7 Å². The number of nitrogens with zero attached hydrogens (tertiary/aromatic N) is 1. The zero-order chi connectivity index (χ0) is 21.0. The third kappa shape index (κ3) is 3.65. The molecule has 0 bridgehead atoms. The second-order valence-electron chi connectivity index (χ2n) is 8.38. The van der Waals surface area contributed by atoms with Crippen molar-refractivity contribution in [1.29, 1.82) is 0 Å². The van der Waals surface area contributed by atoms with Crippen molar-refractivity contribution in [2.45, 2.75) is 52.1 Å². The zero-order valence-electron chi connectivity index (χ0n) is 17.1. The molecule has 29 heavy (non-hydrogen) atoms. The van der Waals surface area contributed by atoms with Crippen molar-refractivity contribution in [1.82, 2.24) is 10.3 Å². The fraction of sp³-hybridized carbons (Fsp3) is 0.429. The topological polar surface area (TPSA) is 63.2 Å². The number of para-hydroxylation sites is 1. The maximum atomic E-state index is 14.1. The number of thiazole rings is 1. The summed E-state index contributed by atoms with van der Waals surface area (Å²) in [6.07, 6.45) is 0.715. The molecule has 4 rings (SSSR count). The van der Waals surface area contributed by atoms with E-state index in [1.54, 1.807) is 13.0 Å². The van der Waals surface area contributed by atoms with Gasteiger partial charge >= 0.3 is 5.97 Å². The number of fused-ring (bicyclic) bond motifs is 2. The molecule has 154 valence electrons. The van der Waals surface area contributed by atoms with Crippen molar-refractivity contribution in [2.75, 3.05) is 11.9 Å². The number of anilines is 2. The van der Waals surface area contributed by atoms with Crippen LogP contribution < -0.4 is 10.6 Å². The Morgan fingerprint density at radius 1 is 1.31 bits per heavy atom. The molecule has 0 unspecified atom stereocenters. The van der Waals surface area contributed by atoms with E-state index in [4.69, 9.17) is 4.74 Å². The van der Waals surface area contributed by atoms with Crippen LogP contribution in [0.2, 0.25) is 0 Å². The van der Waals surface area contributed by atoms with Crippen molar-refractivity contribution in [2.24, 2.45) is 0 Å². The summed E-state index contributed by atoms with van der Waals surface area (Å²) in [6.45, 7) is 10.6. The second kappa shape index (κ2) is 7.04. The average Bonchev–Trinajstić information content (AvgIpc) is 3.16. The summed E-state index contributed by atoms with van der Waals surface area (Å²) in [6, 6.07) is 4.91. The molecule has 3 aromatic rings. The van der Waals surface area contributed by atoms with Gasteiger partial charge in [0.1, 0.15) is 16.3 Å². The Balaban J connectivity index is 1.83. The van der Waals surface area contributed by atoms with E-state index in [-0.39, 0.29) is 22.9 Å². The predicted molar refractivity (Wildman–Crippen MR) is 117 cm³/mol. The van der Waals surface area contributed by atoms with Gasteiger partial charge in [0.25, 0.3) is 0 Å². The lowest BCUT2D eigenvalue weighted by atomic mass is 9.81. The number of carbonyl (C=O) groups is 1. The Bertz CT molecular complexity index is 1100. The van der Waals surface area contributed by atoms with Crippen LogP contribution in [0.5, 0.6) is 0 Å². The van der Waals surface area contributed by atoms with Crippen LogP contribution in [0.25, 0.3) is 10.2 Å². The summed E-state index contributed by atoms with van der Waals surface area (Å²) in [4.78, 5) is 18.4. The van der Waals surface area contributed by atoms with E-state index in [1.807, 2.05) is 6.07 Å². The van der Waals surface area contributed by atoms with Gasteiger partial charge in [0.05, 0.1) is 16.9 Å². The molecule has 0 spiro atoms. The molecule has 2 N–H and O–H groups in total. The van der Waals surface area contributed by atoms with Gasteiger partial charge < -0.3 is 15.4 Å². The second-order valence-corrected chi connectivity index (χ2v) is 10.4. The Hall–Kier alpha value is -2.03. The molecule has 0 radical (unpaired) electrons. The number of ether oxygens (including phenoxy) is 1. The van der Waals surface area contributed by atoms with Crippen molar-refractivity contribution >= 4 is 49.0 Å². The van der Waals surface area contributed by atoms with E-state index in [2.05, 4.69) is 43.3 Å². The standard InChI is InChI=1S/C21H24FN3O2S2/c1-6-27-18(26)14-11-10-20(2,3)25-21(4,5)16(11)29-17(14)24-19-23-15-12(22)8-7-9-13(15)28-19/h7-9,25H,6,10H2,1-5H3,(H,23,24). The SMILES string of the molecule is CCOC(=O)c1c(Nc2nc3c(F)cccc3s2)sc2c1CC(C)(C)NC2(C)C. The molecule has 8 heteroatoms. The summed E-state index contributed by atoms with van der Waals surface area (Å²) in [5.41, 5.74) is 1.46. The van der Waals surface area contributed by atoms with Gasteiger partial charge in [0.15, 0.2) is 5.13 Å². The molecular weight excluding hydrogens is 409 g/mol. The zero-order valence-corrected chi connectivity index (χ0v) is 18.7. The summed E-state index contributed by atoms with van der Waals surface area (Å²) < 4.78 is 20.2. The van der Waals surface area contributed by atoms with Gasteiger partial charge in [-0.25, -0.2) is 14.2 Å². The minimum atomic E-state index is -0.352. The molecule has 0 saturated carbocycles. The first kappa shape index (κ1) is 20.3. The van der Waals surface area contributed by atoms with Crippen LogP contribution in [-0.2, 0) is 16.7 Å². The van der Waals surface area contributed by atoms with Crippen LogP contribution in [0.4, 0.5) is 14.5 Å². The average molecular weight is 434 g/mol. The fourth-order valence-corrected chi connectivity index (χ4v) is 6.31. The first-order valence-corrected chi connectivity index (χ1v) is 11.2. The monoisotopic (exact) mass is 433 g/mol. The van der Waals surface area contributed by atoms with Crippen LogP contribution in [0, 0.1) is 5.82 Å². The van der Waals surface area contributed by atoms with E-state index in [1.165, 1.54) is 28.7 Å². The molecule has 0 fully saturated rings. The van der Waals surface area contributed by atoms with Gasteiger partial charge in [-0.3, -0.25) is 0 Å². The molecule has 1 aromatic carbocycles. The first-order chi connectivity index (χ1) is 13.6. The first-order valence-electron chi connectivity index (χ1n) is 9.56. The molecular formula is C21H24FN3O2S2. The van der Waals surface area contributed by atoms with Gasteiger partial charge in [-0.1, -0.05) is 17.4 Å². The molecule has 0 saturated heterocycles. The molecule has 2 aromatic heterocycles. The molecule has 0 amide bonds. The van der Waals surface area contributed by atoms with Crippen LogP contribution in [-0.4, -0.2) is 23.1 Å². The van der Waals surface area contributed by atoms with Gasteiger partial charge in [-0.2, -0.15) is 0 Å². The third-order valence-corrected chi connectivity index (χ3v) is 7.32. The highest BCUT2D eigenvalue weighted by atomic mass is 32.1. The van der Waals surface area contributed by atoms with Gasteiger partial charge in [0, 0.05) is 16.0 Å². The maximum Gasteiger partial charge on any atom is 0.341 e. The molecule has 0 atom stereocenters. The Morgan fingerprint density at radius 2 is 2.07 bits per heavy atom. The Labute approximate surface area is 177 Å². The summed E-state index contributed by atoms with van der Waals surface area (Å²) in [7, 11) is 0. The molecule has 3 heterocycles. The van der Waals surface area contributed by atoms with E-state index >= 15 is 0 Å². The number of thiophene rings is 1. The number of benzene rings is 1. The van der Waals surface area contributed by atoms with Crippen LogP contribution in [0.3, 0.4) is 0 Å². The predicted octanol–water partition coefficient (Wildman–Crippen LogP) is 5.58. The van der Waals surface area contributed by atoms with Crippen molar-refractivity contribution in [3.05, 3.63) is 40.0 Å². The smallest absolute Gasteiger partial charge is 0.341 e. The number of carbonyl (C=O) groups excluding carboxylic acids is 1. The normalized spacial score (nSPS) is 17.2. The number of nitrogens with one attached hydrogen (secondary N) is 2. The van der Waals surface area contributed by atoms with E-state index < -0.39 is 0 Å². The number of hydrogen-bond donors (Lipinski definition) is 2. The van der Waals surface area contributed by atoms with E-state index in [0.29, 0.717) is 34.2 Å². The molecule has 1 aliphatic heterocycles. The van der Waals surface area contributed by atoms with Gasteiger partial charge in [-0.05, 0) is 58.7 Å². The Morgan fingerprint density at radius 3 is 2.76 bits per heavy atom. The van der Waals surface area contributed by atoms with Crippen LogP contribution in [0.15, 0.2) is 18.2 Å². The van der Waals surface area contributed by atoms with Crippen molar-refractivity contribution < 1.29 is 13.9 Å². The lowest BCUT2D eigenvalue weighted by Crippen LogP contribution is -2.55. The number of halogens is 1. The van der Waals surface area contributed by atoms with Crippen molar-refractivity contribution in [3.8, 4) is 0 Å². The minimum Gasteiger partial charge on any atom is -0.462 e. The van der Waals surface area contributed by atoms with Crippen molar-refractivity contribution in [3.63, 3.8) is 0 Å². The Kier molecular flexibility index (Phi) is 4.91. The van der Waals surface area contributed by atoms with Gasteiger partial charge in [0.2, 0.25) is 0 Å². The molecule has 5 nitrogen and oxygen atoms in total. The highest BCUT2D eigenvalue weighted by Crippen LogP contribution is 2.46. The largest absolute Gasteiger partial charge is 0.462 e. The number of aromatic nitrogens is 1. The third-order valence-electron chi connectivity index (χ3n) is 4.91. The van der Waals surface area contributed by atoms with E-state index in [9.17, 15) is 9.18 Å². The lowest BCUT2D eigenvalue weighted by molar-refractivity contribution is 0.0525. The lowest BCUT2D eigenvalue weighted by Gasteiger charge is -2.42. The maximum absolute atomic E-state index is 14.1. The summed E-state index contributed by atoms with van der Waals surface area (Å²) in [5, 5.41) is 8.19. The van der Waals surface area contributed by atoms with Crippen LogP contribution in [0.1, 0.15) is 55.4 Å². The summed E-state index contributed by atoms with van der Waals surface area (Å²) in [5.74, 6) is -0.691. The minimum absolute atomic E-state index is 0.158. The highest BCUT2D eigenvalue weighted by molar-refractivity contribution is 7.23.